The molecular formula is C11H12ClNO3. The van der Waals surface area contributed by atoms with Crippen molar-refractivity contribution in [3.63, 3.8) is 0 Å². The number of benzene rings is 1. The zero-order valence-electron chi connectivity index (χ0n) is 8.66. The van der Waals surface area contributed by atoms with Crippen LogP contribution in [0.1, 0.15) is 12.0 Å². The van der Waals surface area contributed by atoms with E-state index in [2.05, 4.69) is 0 Å². The lowest BCUT2D eigenvalue weighted by Gasteiger charge is -2.27. The fraction of sp³-hybridized carbons (Fsp3) is 0.364. The van der Waals surface area contributed by atoms with E-state index in [1.807, 2.05) is 0 Å². The molecule has 0 saturated heterocycles. The van der Waals surface area contributed by atoms with E-state index in [-0.39, 0.29) is 12.3 Å². The Balaban J connectivity index is 2.33. The maximum absolute atomic E-state index is 11.6. The van der Waals surface area contributed by atoms with Crippen LogP contribution in [0.5, 0.6) is 5.75 Å². The van der Waals surface area contributed by atoms with Crippen molar-refractivity contribution in [2.24, 2.45) is 0 Å². The van der Waals surface area contributed by atoms with E-state index in [0.717, 1.165) is 5.56 Å². The average molecular weight is 242 g/mol. The number of ether oxygens (including phenoxy) is 1. The van der Waals surface area contributed by atoms with Crippen LogP contribution in [0, 0.1) is 5.21 Å². The summed E-state index contributed by atoms with van der Waals surface area (Å²) >= 11 is 5.54. The van der Waals surface area contributed by atoms with Crippen molar-refractivity contribution in [3.8, 4) is 5.75 Å². The molecule has 1 atom stereocenters. The second-order valence-electron chi connectivity index (χ2n) is 3.57. The van der Waals surface area contributed by atoms with Crippen LogP contribution < -0.4 is 9.80 Å². The Hall–Kier alpha value is -1.10. The van der Waals surface area contributed by atoms with E-state index >= 15 is 0 Å². The van der Waals surface area contributed by atoms with Gasteiger partial charge in [-0.05, 0) is 12.5 Å². The number of carbonyl (C=O) groups excluding carboxylic acids is 1. The van der Waals surface area contributed by atoms with Gasteiger partial charge in [0.25, 0.3) is 0 Å². The van der Waals surface area contributed by atoms with E-state index in [0.29, 0.717) is 30.3 Å². The molecule has 1 aliphatic rings. The highest BCUT2D eigenvalue weighted by Gasteiger charge is 2.26. The summed E-state index contributed by atoms with van der Waals surface area (Å²) in [5, 5.41) is 11.2. The van der Waals surface area contributed by atoms with E-state index in [4.69, 9.17) is 16.3 Å². The minimum atomic E-state index is -0.405. The number of fused-ring (bicyclic) bond motifs is 1. The summed E-state index contributed by atoms with van der Waals surface area (Å²) in [6, 6.07) is 5.19. The predicted molar refractivity (Wildman–Crippen MR) is 60.0 cm³/mol. The highest BCUT2D eigenvalue weighted by Crippen LogP contribution is 2.27. The topological polar surface area (TPSA) is 53.8 Å². The quantitative estimate of drug-likeness (QED) is 0.629. The third-order valence-electron chi connectivity index (χ3n) is 2.57. The molecule has 0 aliphatic carbocycles. The van der Waals surface area contributed by atoms with Gasteiger partial charge in [0.05, 0.1) is 17.9 Å². The maximum atomic E-state index is 11.6. The molecule has 1 heterocycles. The smallest absolute Gasteiger partial charge is 0.317 e. The molecule has 1 aromatic rings. The Morgan fingerprint density at radius 3 is 3.00 bits per heavy atom. The van der Waals surface area contributed by atoms with Crippen molar-refractivity contribution >= 4 is 23.2 Å². The van der Waals surface area contributed by atoms with E-state index < -0.39 is 5.06 Å². The van der Waals surface area contributed by atoms with Gasteiger partial charge in [-0.3, -0.25) is 5.06 Å². The molecule has 16 heavy (non-hydrogen) atoms. The van der Waals surface area contributed by atoms with Crippen LogP contribution in [0.15, 0.2) is 18.2 Å². The lowest BCUT2D eigenvalue weighted by molar-refractivity contribution is -0.691. The molecule has 1 aromatic carbocycles. The van der Waals surface area contributed by atoms with Crippen LogP contribution in [0.4, 0.5) is 5.69 Å². The molecule has 0 radical (unpaired) electrons. The number of halogens is 1. The molecule has 1 unspecified atom stereocenters. The first-order chi connectivity index (χ1) is 7.74. The van der Waals surface area contributed by atoms with Crippen LogP contribution in [0.25, 0.3) is 0 Å². The SMILES string of the molecule is O=C1CCc2c(OCCCl)cccc2[NH+]1[O-]. The first kappa shape index (κ1) is 11.4. The molecule has 1 N–H and O–H groups in total. The minimum Gasteiger partial charge on any atom is -0.621 e. The molecular weight excluding hydrogens is 230 g/mol. The first-order valence-electron chi connectivity index (χ1n) is 5.12. The van der Waals surface area contributed by atoms with Gasteiger partial charge in [-0.15, -0.1) is 11.6 Å². The van der Waals surface area contributed by atoms with Gasteiger partial charge in [-0.1, -0.05) is 6.07 Å². The molecule has 2 rings (SSSR count). The third kappa shape index (κ3) is 2.04. The van der Waals surface area contributed by atoms with Gasteiger partial charge in [0.1, 0.15) is 18.0 Å². The summed E-state index contributed by atoms with van der Waals surface area (Å²) in [5.41, 5.74) is 1.31. The number of carbonyl (C=O) groups is 1. The fourth-order valence-electron chi connectivity index (χ4n) is 1.82. The fourth-order valence-corrected chi connectivity index (χ4v) is 1.90. The number of quaternary nitrogens is 1. The summed E-state index contributed by atoms with van der Waals surface area (Å²) in [5.74, 6) is 0.747. The van der Waals surface area contributed by atoms with Crippen LogP contribution in [0.3, 0.4) is 0 Å². The van der Waals surface area contributed by atoms with E-state index in [9.17, 15) is 10.0 Å². The Labute approximate surface area is 98.3 Å². The Morgan fingerprint density at radius 1 is 1.44 bits per heavy atom. The molecule has 0 spiro atoms. The molecule has 86 valence electrons. The van der Waals surface area contributed by atoms with Crippen molar-refractivity contribution in [2.45, 2.75) is 12.8 Å². The zero-order chi connectivity index (χ0) is 11.5. The maximum Gasteiger partial charge on any atom is 0.317 e. The molecule has 0 fully saturated rings. The molecule has 1 aliphatic heterocycles. The van der Waals surface area contributed by atoms with Gasteiger partial charge in [-0.2, -0.15) is 0 Å². The number of hydrogen-bond donors (Lipinski definition) is 1. The first-order valence-corrected chi connectivity index (χ1v) is 5.65. The monoisotopic (exact) mass is 241 g/mol. The van der Waals surface area contributed by atoms with Crippen LogP contribution in [-0.2, 0) is 11.2 Å². The van der Waals surface area contributed by atoms with Gasteiger partial charge in [0, 0.05) is 6.07 Å². The van der Waals surface area contributed by atoms with Crippen LogP contribution >= 0.6 is 11.6 Å². The second-order valence-corrected chi connectivity index (χ2v) is 3.95. The van der Waals surface area contributed by atoms with Gasteiger partial charge in [0.2, 0.25) is 0 Å². The predicted octanol–water partition coefficient (Wildman–Crippen LogP) is 0.791. The lowest BCUT2D eigenvalue weighted by Crippen LogP contribution is -3.06. The number of amides is 1. The normalized spacial score (nSPS) is 19.4. The van der Waals surface area contributed by atoms with E-state index in [1.54, 1.807) is 18.2 Å². The minimum absolute atomic E-state index is 0.271. The molecule has 5 heteroatoms. The number of alkyl halides is 1. The Morgan fingerprint density at radius 2 is 2.25 bits per heavy atom. The van der Waals surface area contributed by atoms with Crippen molar-refractivity contribution < 1.29 is 14.6 Å². The van der Waals surface area contributed by atoms with Gasteiger partial charge < -0.3 is 9.94 Å². The number of rotatable bonds is 3. The average Bonchev–Trinajstić information content (AvgIpc) is 2.31. The van der Waals surface area contributed by atoms with Gasteiger partial charge in [-0.25, -0.2) is 4.79 Å². The lowest BCUT2D eigenvalue weighted by atomic mass is 10.0. The third-order valence-corrected chi connectivity index (χ3v) is 2.72. The van der Waals surface area contributed by atoms with Crippen molar-refractivity contribution in [3.05, 3.63) is 29.0 Å². The summed E-state index contributed by atoms with van der Waals surface area (Å²) in [4.78, 5) is 11.3. The highest BCUT2D eigenvalue weighted by atomic mass is 35.5. The zero-order valence-corrected chi connectivity index (χ0v) is 9.42. The van der Waals surface area contributed by atoms with Crippen molar-refractivity contribution in [1.82, 2.24) is 0 Å². The van der Waals surface area contributed by atoms with Crippen molar-refractivity contribution in [2.75, 3.05) is 12.5 Å². The molecule has 0 aromatic heterocycles. The summed E-state index contributed by atoms with van der Waals surface area (Å²) in [6.07, 6.45) is 0.839. The molecule has 0 saturated carbocycles. The second kappa shape index (κ2) is 4.82. The summed E-state index contributed by atoms with van der Waals surface area (Å²) in [6.45, 7) is 0.403. The molecule has 4 nitrogen and oxygen atoms in total. The number of hydrogen-bond acceptors (Lipinski definition) is 3. The van der Waals surface area contributed by atoms with Gasteiger partial charge >= 0.3 is 5.91 Å². The summed E-state index contributed by atoms with van der Waals surface area (Å²) in [7, 11) is 0. The standard InChI is InChI=1S/C11H12ClNO3/c12-6-7-16-10-3-1-2-9-8(10)4-5-11(14)13(9)15/h1-3,13H,4-7H2. The number of hydroxylamine groups is 1. The highest BCUT2D eigenvalue weighted by molar-refractivity contribution is 6.18. The van der Waals surface area contributed by atoms with Crippen LogP contribution in [0.2, 0.25) is 0 Å². The van der Waals surface area contributed by atoms with Crippen molar-refractivity contribution in [1.29, 1.82) is 0 Å². The largest absolute Gasteiger partial charge is 0.621 e. The van der Waals surface area contributed by atoms with E-state index in [1.165, 1.54) is 0 Å². The Bertz CT molecular complexity index is 408. The molecule has 0 bridgehead atoms. The summed E-state index contributed by atoms with van der Waals surface area (Å²) < 4.78 is 5.44. The molecule has 1 amide bonds. The van der Waals surface area contributed by atoms with Gasteiger partial charge in [0.15, 0.2) is 0 Å². The number of nitrogens with one attached hydrogen (secondary N) is 1. The van der Waals surface area contributed by atoms with Crippen LogP contribution in [-0.4, -0.2) is 18.4 Å². The Kier molecular flexibility index (Phi) is 3.43.